The third-order valence-corrected chi connectivity index (χ3v) is 4.34. The monoisotopic (exact) mass is 406 g/mol. The fraction of sp³-hybridized carbons (Fsp3) is 1.00. The van der Waals surface area contributed by atoms with E-state index in [1.807, 2.05) is 13.8 Å². The minimum atomic E-state index is 0.0278. The SMILES string of the molecule is CCCCCCCCCCCCCCCC.CCOCC.OCCOCCO. The van der Waals surface area contributed by atoms with E-state index in [9.17, 15) is 0 Å². The molecule has 0 rings (SSSR count). The third-order valence-electron chi connectivity index (χ3n) is 4.34. The number of hydrogen-bond donors (Lipinski definition) is 2. The zero-order chi connectivity index (χ0) is 21.6. The molecule has 0 spiro atoms. The van der Waals surface area contributed by atoms with E-state index in [4.69, 9.17) is 14.9 Å². The van der Waals surface area contributed by atoms with Gasteiger partial charge in [-0.1, -0.05) is 104 Å². The fourth-order valence-electron chi connectivity index (χ4n) is 2.70. The highest BCUT2D eigenvalue weighted by molar-refractivity contribution is 4.48. The highest BCUT2D eigenvalue weighted by Gasteiger charge is 1.92. The van der Waals surface area contributed by atoms with E-state index in [2.05, 4.69) is 18.6 Å². The van der Waals surface area contributed by atoms with Crippen LogP contribution in [0.5, 0.6) is 0 Å². The molecule has 0 aromatic heterocycles. The molecule has 0 unspecified atom stereocenters. The maximum absolute atomic E-state index is 8.09. The first-order valence-corrected chi connectivity index (χ1v) is 12.1. The van der Waals surface area contributed by atoms with E-state index >= 15 is 0 Å². The zero-order valence-electron chi connectivity index (χ0n) is 19.9. The summed E-state index contributed by atoms with van der Waals surface area (Å²) in [6.45, 7) is 10.9. The summed E-state index contributed by atoms with van der Waals surface area (Å²) < 4.78 is 9.47. The van der Waals surface area contributed by atoms with Crippen molar-refractivity contribution in [2.24, 2.45) is 0 Å². The van der Waals surface area contributed by atoms with Gasteiger partial charge in [-0.15, -0.1) is 0 Å². The van der Waals surface area contributed by atoms with Gasteiger partial charge in [-0.2, -0.15) is 0 Å². The van der Waals surface area contributed by atoms with Crippen LogP contribution < -0.4 is 0 Å². The van der Waals surface area contributed by atoms with Crippen LogP contribution >= 0.6 is 0 Å². The molecule has 0 saturated carbocycles. The molecule has 0 saturated heterocycles. The van der Waals surface area contributed by atoms with Crippen LogP contribution in [0.25, 0.3) is 0 Å². The normalized spacial score (nSPS) is 10.1. The molecular weight excluding hydrogens is 352 g/mol. The first kappa shape index (κ1) is 32.5. The second kappa shape index (κ2) is 37.6. The van der Waals surface area contributed by atoms with Crippen LogP contribution in [0.15, 0.2) is 0 Å². The number of unbranched alkanes of at least 4 members (excludes halogenated alkanes) is 13. The van der Waals surface area contributed by atoms with Crippen molar-refractivity contribution in [1.82, 2.24) is 0 Å². The molecule has 0 amide bonds. The van der Waals surface area contributed by atoms with E-state index in [0.29, 0.717) is 13.2 Å². The molecule has 4 heteroatoms. The molecule has 174 valence electrons. The van der Waals surface area contributed by atoms with Crippen molar-refractivity contribution in [3.8, 4) is 0 Å². The van der Waals surface area contributed by atoms with Crippen molar-refractivity contribution >= 4 is 0 Å². The molecular formula is C24H54O4. The molecule has 4 nitrogen and oxygen atoms in total. The molecule has 0 atom stereocenters. The summed E-state index contributed by atoms with van der Waals surface area (Å²) in [5.41, 5.74) is 0. The van der Waals surface area contributed by atoms with Crippen LogP contribution in [-0.4, -0.2) is 49.9 Å². The topological polar surface area (TPSA) is 58.9 Å². The van der Waals surface area contributed by atoms with Gasteiger partial charge in [0, 0.05) is 13.2 Å². The van der Waals surface area contributed by atoms with Gasteiger partial charge in [0.25, 0.3) is 0 Å². The molecule has 0 bridgehead atoms. The van der Waals surface area contributed by atoms with Gasteiger partial charge in [-0.3, -0.25) is 0 Å². The largest absolute Gasteiger partial charge is 0.394 e. The van der Waals surface area contributed by atoms with E-state index in [1.54, 1.807) is 0 Å². The Labute approximate surface area is 177 Å². The smallest absolute Gasteiger partial charge is 0.0698 e. The summed E-state index contributed by atoms with van der Waals surface area (Å²) in [5, 5.41) is 16.2. The van der Waals surface area contributed by atoms with Crippen molar-refractivity contribution in [3.63, 3.8) is 0 Å². The van der Waals surface area contributed by atoms with Gasteiger partial charge in [0.05, 0.1) is 26.4 Å². The van der Waals surface area contributed by atoms with E-state index in [0.717, 1.165) is 13.2 Å². The first-order chi connectivity index (χ1) is 13.7. The minimum absolute atomic E-state index is 0.0278. The van der Waals surface area contributed by atoms with Gasteiger partial charge in [0.2, 0.25) is 0 Å². The lowest BCUT2D eigenvalue weighted by atomic mass is 10.0. The van der Waals surface area contributed by atoms with Crippen LogP contribution in [0.4, 0.5) is 0 Å². The quantitative estimate of drug-likeness (QED) is 0.240. The van der Waals surface area contributed by atoms with Crippen molar-refractivity contribution in [2.75, 3.05) is 39.6 Å². The zero-order valence-corrected chi connectivity index (χ0v) is 19.9. The van der Waals surface area contributed by atoms with Crippen LogP contribution in [0.2, 0.25) is 0 Å². The summed E-state index contributed by atoms with van der Waals surface area (Å²) >= 11 is 0. The summed E-state index contributed by atoms with van der Waals surface area (Å²) in [7, 11) is 0. The molecule has 0 aliphatic heterocycles. The standard InChI is InChI=1S/C16H34.C4H10O3.C4H10O/c1-3-5-7-9-11-13-15-16-14-12-10-8-6-4-2;5-1-3-7-4-2-6;1-3-5-4-2/h3-16H2,1-2H3;5-6H,1-4H2;3-4H2,1-2H3. The van der Waals surface area contributed by atoms with Gasteiger partial charge in [0.15, 0.2) is 0 Å². The molecule has 0 heterocycles. The van der Waals surface area contributed by atoms with Gasteiger partial charge in [-0.25, -0.2) is 0 Å². The average Bonchev–Trinajstić information content (AvgIpc) is 2.71. The summed E-state index contributed by atoms with van der Waals surface area (Å²) in [4.78, 5) is 0. The molecule has 28 heavy (non-hydrogen) atoms. The molecule has 0 aliphatic rings. The lowest BCUT2D eigenvalue weighted by molar-refractivity contribution is 0.0650. The highest BCUT2D eigenvalue weighted by atomic mass is 16.5. The van der Waals surface area contributed by atoms with Crippen molar-refractivity contribution in [3.05, 3.63) is 0 Å². The van der Waals surface area contributed by atoms with Crippen LogP contribution in [0.3, 0.4) is 0 Å². The second-order valence-corrected chi connectivity index (χ2v) is 7.08. The van der Waals surface area contributed by atoms with E-state index < -0.39 is 0 Å². The van der Waals surface area contributed by atoms with Crippen molar-refractivity contribution in [2.45, 2.75) is 118 Å². The molecule has 0 aromatic rings. The molecule has 0 aromatic carbocycles. The van der Waals surface area contributed by atoms with Gasteiger partial charge < -0.3 is 19.7 Å². The minimum Gasteiger partial charge on any atom is -0.394 e. The Morgan fingerprint density at radius 3 is 0.893 bits per heavy atom. The number of ether oxygens (including phenoxy) is 2. The third kappa shape index (κ3) is 44.9. The maximum atomic E-state index is 8.09. The molecule has 0 fully saturated rings. The Balaban J connectivity index is -0.000000427. The Hall–Kier alpha value is -0.160. The Morgan fingerprint density at radius 1 is 0.429 bits per heavy atom. The van der Waals surface area contributed by atoms with Gasteiger partial charge in [0.1, 0.15) is 0 Å². The summed E-state index contributed by atoms with van der Waals surface area (Å²) in [6, 6.07) is 0. The summed E-state index contributed by atoms with van der Waals surface area (Å²) in [5.74, 6) is 0. The van der Waals surface area contributed by atoms with E-state index in [1.165, 1.54) is 89.9 Å². The lowest BCUT2D eigenvalue weighted by Crippen LogP contribution is -2.03. The predicted molar refractivity (Wildman–Crippen MR) is 123 cm³/mol. The Morgan fingerprint density at radius 2 is 0.714 bits per heavy atom. The van der Waals surface area contributed by atoms with Crippen molar-refractivity contribution < 1.29 is 19.7 Å². The van der Waals surface area contributed by atoms with Crippen LogP contribution in [0, 0.1) is 0 Å². The first-order valence-electron chi connectivity index (χ1n) is 12.1. The lowest BCUT2D eigenvalue weighted by Gasteiger charge is -2.02. The van der Waals surface area contributed by atoms with Crippen LogP contribution in [-0.2, 0) is 9.47 Å². The maximum Gasteiger partial charge on any atom is 0.0698 e. The molecule has 0 aliphatic carbocycles. The molecule has 2 N–H and O–H groups in total. The average molecular weight is 407 g/mol. The summed E-state index contributed by atoms with van der Waals surface area (Å²) in [6.07, 6.45) is 20.4. The fourth-order valence-corrected chi connectivity index (χ4v) is 2.70. The Bertz CT molecular complexity index is 193. The number of aliphatic hydroxyl groups excluding tert-OH is 2. The number of hydrogen-bond acceptors (Lipinski definition) is 4. The highest BCUT2D eigenvalue weighted by Crippen LogP contribution is 2.12. The van der Waals surface area contributed by atoms with Gasteiger partial charge >= 0.3 is 0 Å². The van der Waals surface area contributed by atoms with Gasteiger partial charge in [-0.05, 0) is 13.8 Å². The van der Waals surface area contributed by atoms with Crippen LogP contribution in [0.1, 0.15) is 118 Å². The predicted octanol–water partition coefficient (Wildman–Crippen LogP) is 6.52. The number of rotatable bonds is 19. The molecule has 0 radical (unpaired) electrons. The van der Waals surface area contributed by atoms with Crippen molar-refractivity contribution in [1.29, 1.82) is 0 Å². The second-order valence-electron chi connectivity index (χ2n) is 7.08. The Kier molecular flexibility index (Phi) is 43.6. The number of aliphatic hydroxyl groups is 2. The van der Waals surface area contributed by atoms with E-state index in [-0.39, 0.29) is 13.2 Å².